The van der Waals surface area contributed by atoms with Gasteiger partial charge >= 0.3 is 0 Å². The van der Waals surface area contributed by atoms with Crippen molar-refractivity contribution in [2.45, 2.75) is 0 Å². The first-order chi connectivity index (χ1) is 16.2. The predicted octanol–water partition coefficient (Wildman–Crippen LogP) is 5.12. The summed E-state index contributed by atoms with van der Waals surface area (Å²) in [4.78, 5) is 28.7. The summed E-state index contributed by atoms with van der Waals surface area (Å²) in [6, 6.07) is 27.8. The maximum absolute atomic E-state index is 13.7. The first-order valence-electron chi connectivity index (χ1n) is 11.2. The first kappa shape index (κ1) is 19.7. The molecule has 33 heavy (non-hydrogen) atoms. The average Bonchev–Trinajstić information content (AvgIpc) is 3.50. The summed E-state index contributed by atoms with van der Waals surface area (Å²) in [7, 11) is 1.56. The second-order valence-corrected chi connectivity index (χ2v) is 8.73. The van der Waals surface area contributed by atoms with Crippen LogP contribution in [0.2, 0.25) is 0 Å². The summed E-state index contributed by atoms with van der Waals surface area (Å²) < 4.78 is 5.45. The number of hydrogen-bond acceptors (Lipinski definition) is 3. The lowest BCUT2D eigenvalue weighted by Crippen LogP contribution is -2.33. The molecule has 6 rings (SSSR count). The maximum atomic E-state index is 13.7. The Kier molecular flexibility index (Phi) is 4.54. The molecular formula is C29H23NO3. The van der Waals surface area contributed by atoms with Gasteiger partial charge in [-0.2, -0.15) is 0 Å². The Morgan fingerprint density at radius 2 is 1.18 bits per heavy atom. The van der Waals surface area contributed by atoms with E-state index in [4.69, 9.17) is 4.74 Å². The highest BCUT2D eigenvalue weighted by Crippen LogP contribution is 2.59. The molecule has 3 aromatic rings. The number of fused-ring (bicyclic) bond motifs is 5. The quantitative estimate of drug-likeness (QED) is 0.424. The third kappa shape index (κ3) is 2.83. The normalized spacial score (nSPS) is 25.0. The molecule has 0 spiro atoms. The van der Waals surface area contributed by atoms with E-state index >= 15 is 0 Å². The van der Waals surface area contributed by atoms with E-state index < -0.39 is 0 Å². The second kappa shape index (κ2) is 7.59. The van der Waals surface area contributed by atoms with Crippen molar-refractivity contribution < 1.29 is 14.3 Å². The molecular weight excluding hydrogens is 410 g/mol. The summed E-state index contributed by atoms with van der Waals surface area (Å²) in [6.07, 6.45) is 4.26. The van der Waals surface area contributed by atoms with Gasteiger partial charge in [0.25, 0.3) is 0 Å². The van der Waals surface area contributed by atoms with Gasteiger partial charge in [0.15, 0.2) is 0 Å². The molecule has 0 radical (unpaired) electrons. The zero-order chi connectivity index (χ0) is 22.5. The van der Waals surface area contributed by atoms with Crippen LogP contribution >= 0.6 is 0 Å². The van der Waals surface area contributed by atoms with Crippen molar-refractivity contribution >= 4 is 23.1 Å². The number of amides is 2. The second-order valence-electron chi connectivity index (χ2n) is 8.73. The summed E-state index contributed by atoms with van der Waals surface area (Å²) >= 11 is 0. The van der Waals surface area contributed by atoms with Gasteiger partial charge in [0.05, 0.1) is 24.6 Å². The lowest BCUT2D eigenvalue weighted by molar-refractivity contribution is -0.123. The number of carbonyl (C=O) groups is 2. The first-order valence-corrected chi connectivity index (χ1v) is 11.2. The molecule has 0 aromatic heterocycles. The summed E-state index contributed by atoms with van der Waals surface area (Å²) in [6.45, 7) is 0. The highest BCUT2D eigenvalue weighted by Gasteiger charge is 2.62. The monoisotopic (exact) mass is 433 g/mol. The Hall–Kier alpha value is -3.92. The Balaban J connectivity index is 1.49. The molecule has 4 nitrogen and oxygen atoms in total. The Bertz CT molecular complexity index is 1230. The maximum Gasteiger partial charge on any atom is 0.238 e. The van der Waals surface area contributed by atoms with Gasteiger partial charge in [-0.3, -0.25) is 9.59 Å². The zero-order valence-corrected chi connectivity index (χ0v) is 18.2. The molecule has 4 atom stereocenters. The molecule has 1 aliphatic heterocycles. The molecule has 0 unspecified atom stereocenters. The van der Waals surface area contributed by atoms with Crippen molar-refractivity contribution in [3.8, 4) is 5.75 Å². The van der Waals surface area contributed by atoms with E-state index in [1.54, 1.807) is 19.2 Å². The van der Waals surface area contributed by atoms with Gasteiger partial charge in [0.2, 0.25) is 11.8 Å². The van der Waals surface area contributed by atoms with Crippen molar-refractivity contribution in [3.63, 3.8) is 0 Å². The van der Waals surface area contributed by atoms with Crippen LogP contribution in [0.4, 0.5) is 5.69 Å². The van der Waals surface area contributed by atoms with Crippen LogP contribution in [0, 0.1) is 23.7 Å². The number of ether oxygens (including phenoxy) is 1. The van der Waals surface area contributed by atoms with E-state index in [0.29, 0.717) is 11.4 Å². The summed E-state index contributed by atoms with van der Waals surface area (Å²) in [5.41, 5.74) is 5.07. The van der Waals surface area contributed by atoms with Gasteiger partial charge in [-0.25, -0.2) is 4.90 Å². The number of imide groups is 1. The lowest BCUT2D eigenvalue weighted by Gasteiger charge is -2.22. The minimum absolute atomic E-state index is 0.0911. The van der Waals surface area contributed by atoms with Gasteiger partial charge in [0, 0.05) is 11.8 Å². The van der Waals surface area contributed by atoms with Crippen molar-refractivity contribution in [3.05, 3.63) is 114 Å². The molecule has 2 bridgehead atoms. The molecule has 1 saturated carbocycles. The average molecular weight is 434 g/mol. The third-order valence-electron chi connectivity index (χ3n) is 7.16. The standard InChI is InChI=1S/C29H23NO3/c1-33-23-15-9-8-14-22(23)30-28(31)26-20-16-17-21(27(26)29(30)32)25(20)24(18-10-4-2-5-11-18)19-12-6-3-7-13-19/h2-17,20-21,26-27H,1H3/t20-,21-,26+,27+/m0/s1. The zero-order valence-electron chi connectivity index (χ0n) is 18.2. The van der Waals surface area contributed by atoms with E-state index in [1.165, 1.54) is 10.5 Å². The number of nitrogens with zero attached hydrogens (tertiary/aromatic N) is 1. The van der Waals surface area contributed by atoms with Crippen LogP contribution in [0.25, 0.3) is 5.57 Å². The van der Waals surface area contributed by atoms with Crippen molar-refractivity contribution in [2.75, 3.05) is 12.0 Å². The number of benzene rings is 3. The van der Waals surface area contributed by atoms with Gasteiger partial charge < -0.3 is 4.74 Å². The lowest BCUT2D eigenvalue weighted by atomic mass is 9.85. The molecule has 1 heterocycles. The number of para-hydroxylation sites is 2. The van der Waals surface area contributed by atoms with Crippen LogP contribution in [0.5, 0.6) is 5.75 Å². The Labute approximate surface area is 192 Å². The number of carbonyl (C=O) groups excluding carboxylic acids is 2. The molecule has 3 aliphatic rings. The highest BCUT2D eigenvalue weighted by atomic mass is 16.5. The van der Waals surface area contributed by atoms with Crippen molar-refractivity contribution in [1.82, 2.24) is 0 Å². The van der Waals surface area contributed by atoms with Crippen LogP contribution < -0.4 is 9.64 Å². The van der Waals surface area contributed by atoms with Crippen LogP contribution in [0.3, 0.4) is 0 Å². The molecule has 3 aromatic carbocycles. The minimum Gasteiger partial charge on any atom is -0.495 e. The minimum atomic E-state index is -0.380. The van der Waals surface area contributed by atoms with Gasteiger partial charge in [-0.05, 0) is 34.4 Å². The molecule has 2 fully saturated rings. The van der Waals surface area contributed by atoms with E-state index in [9.17, 15) is 9.59 Å². The number of allylic oxidation sites excluding steroid dienone is 3. The van der Waals surface area contributed by atoms with Crippen LogP contribution in [-0.4, -0.2) is 18.9 Å². The molecule has 4 heteroatoms. The fourth-order valence-corrected chi connectivity index (χ4v) is 5.86. The predicted molar refractivity (Wildman–Crippen MR) is 127 cm³/mol. The Morgan fingerprint density at radius 3 is 1.70 bits per heavy atom. The van der Waals surface area contributed by atoms with Crippen LogP contribution in [0.15, 0.2) is 103 Å². The SMILES string of the molecule is COc1ccccc1N1C(=O)[C@H]2[C@H](C1=O)[C@H]1C=C[C@H]2C1=C(c1ccccc1)c1ccccc1. The van der Waals surface area contributed by atoms with E-state index in [2.05, 4.69) is 36.4 Å². The summed E-state index contributed by atoms with van der Waals surface area (Å²) in [5, 5.41) is 0. The van der Waals surface area contributed by atoms with E-state index in [-0.39, 0.29) is 35.5 Å². The fraction of sp³-hybridized carbons (Fsp3) is 0.172. The number of methoxy groups -OCH3 is 1. The Morgan fingerprint density at radius 1 is 0.697 bits per heavy atom. The molecule has 2 aliphatic carbocycles. The van der Waals surface area contributed by atoms with Gasteiger partial charge in [-0.15, -0.1) is 0 Å². The fourth-order valence-electron chi connectivity index (χ4n) is 5.86. The van der Waals surface area contributed by atoms with Gasteiger partial charge in [0.1, 0.15) is 5.75 Å². The van der Waals surface area contributed by atoms with Gasteiger partial charge in [-0.1, -0.05) is 84.9 Å². The van der Waals surface area contributed by atoms with Crippen molar-refractivity contribution in [2.24, 2.45) is 23.7 Å². The highest BCUT2D eigenvalue weighted by molar-refractivity contribution is 6.24. The smallest absolute Gasteiger partial charge is 0.238 e. The van der Waals surface area contributed by atoms with E-state index in [0.717, 1.165) is 16.7 Å². The number of anilines is 1. The largest absolute Gasteiger partial charge is 0.495 e. The molecule has 1 saturated heterocycles. The topological polar surface area (TPSA) is 46.6 Å². The van der Waals surface area contributed by atoms with Crippen molar-refractivity contribution in [1.29, 1.82) is 0 Å². The number of hydrogen-bond donors (Lipinski definition) is 0. The van der Waals surface area contributed by atoms with Crippen LogP contribution in [-0.2, 0) is 9.59 Å². The summed E-state index contributed by atoms with van der Waals surface area (Å²) in [5.74, 6) is -0.680. The molecule has 162 valence electrons. The molecule has 2 amide bonds. The third-order valence-corrected chi connectivity index (χ3v) is 7.16. The van der Waals surface area contributed by atoms with Crippen LogP contribution in [0.1, 0.15) is 11.1 Å². The number of rotatable bonds is 4. The molecule has 0 N–H and O–H groups in total. The van der Waals surface area contributed by atoms with E-state index in [1.807, 2.05) is 48.5 Å².